The average molecular weight is 272 g/mol. The summed E-state index contributed by atoms with van der Waals surface area (Å²) < 4.78 is 10.2. The molecule has 2 aromatic carbocycles. The zero-order valence-corrected chi connectivity index (χ0v) is 11.4. The molecule has 0 heterocycles. The molecule has 0 spiro atoms. The number of esters is 1. The van der Waals surface area contributed by atoms with Gasteiger partial charge in [0.25, 0.3) is 0 Å². The van der Waals surface area contributed by atoms with E-state index in [0.717, 1.165) is 5.56 Å². The maximum absolute atomic E-state index is 11.7. The summed E-state index contributed by atoms with van der Waals surface area (Å²) in [6.07, 6.45) is 0. The molecule has 20 heavy (non-hydrogen) atoms. The van der Waals surface area contributed by atoms with Gasteiger partial charge in [0.15, 0.2) is 0 Å². The Morgan fingerprint density at radius 3 is 2.50 bits per heavy atom. The number of hydrogen-bond acceptors (Lipinski definition) is 4. The molecular formula is C16H16O4. The molecule has 0 bridgehead atoms. The van der Waals surface area contributed by atoms with E-state index in [2.05, 4.69) is 0 Å². The predicted molar refractivity (Wildman–Crippen MR) is 76.1 cm³/mol. The van der Waals surface area contributed by atoms with Gasteiger partial charge >= 0.3 is 5.97 Å². The third kappa shape index (κ3) is 2.74. The molecule has 0 aromatic heterocycles. The number of rotatable bonds is 4. The van der Waals surface area contributed by atoms with Crippen LogP contribution < -0.4 is 4.74 Å². The van der Waals surface area contributed by atoms with Gasteiger partial charge in [-0.25, -0.2) is 4.79 Å². The number of carbonyl (C=O) groups excluding carboxylic acids is 1. The number of hydrogen-bond donors (Lipinski definition) is 1. The minimum Gasteiger partial charge on any atom is -0.507 e. The van der Waals surface area contributed by atoms with Crippen molar-refractivity contribution in [3.05, 3.63) is 48.0 Å². The minimum atomic E-state index is -0.485. The summed E-state index contributed by atoms with van der Waals surface area (Å²) >= 11 is 0. The van der Waals surface area contributed by atoms with Crippen molar-refractivity contribution in [1.29, 1.82) is 0 Å². The van der Waals surface area contributed by atoms with Gasteiger partial charge in [0.1, 0.15) is 11.5 Å². The van der Waals surface area contributed by atoms with Crippen molar-refractivity contribution in [2.24, 2.45) is 0 Å². The Kier molecular flexibility index (Phi) is 4.25. The lowest BCUT2D eigenvalue weighted by Crippen LogP contribution is -2.05. The predicted octanol–water partition coefficient (Wildman–Crippen LogP) is 3.24. The van der Waals surface area contributed by atoms with Gasteiger partial charge < -0.3 is 14.6 Å². The summed E-state index contributed by atoms with van der Waals surface area (Å²) in [5.41, 5.74) is 1.64. The monoisotopic (exact) mass is 272 g/mol. The quantitative estimate of drug-likeness (QED) is 0.868. The van der Waals surface area contributed by atoms with Crippen molar-refractivity contribution in [1.82, 2.24) is 0 Å². The third-order valence-electron chi connectivity index (χ3n) is 2.87. The molecule has 0 unspecified atom stereocenters. The van der Waals surface area contributed by atoms with Crippen LogP contribution in [0.2, 0.25) is 0 Å². The van der Waals surface area contributed by atoms with Crippen LogP contribution in [0.1, 0.15) is 17.3 Å². The van der Waals surface area contributed by atoms with Crippen molar-refractivity contribution in [2.75, 3.05) is 13.7 Å². The van der Waals surface area contributed by atoms with Gasteiger partial charge in [-0.1, -0.05) is 30.3 Å². The number of carbonyl (C=O) groups is 1. The molecule has 0 aliphatic carbocycles. The van der Waals surface area contributed by atoms with Gasteiger partial charge in [-0.3, -0.25) is 0 Å². The van der Waals surface area contributed by atoms with Crippen LogP contribution in [0, 0.1) is 0 Å². The highest BCUT2D eigenvalue weighted by Gasteiger charge is 2.17. The van der Waals surface area contributed by atoms with Crippen molar-refractivity contribution in [2.45, 2.75) is 6.92 Å². The summed E-state index contributed by atoms with van der Waals surface area (Å²) in [5, 5.41) is 10.2. The van der Waals surface area contributed by atoms with E-state index in [9.17, 15) is 9.90 Å². The largest absolute Gasteiger partial charge is 0.507 e. The molecular weight excluding hydrogens is 256 g/mol. The van der Waals surface area contributed by atoms with E-state index in [1.807, 2.05) is 30.3 Å². The highest BCUT2D eigenvalue weighted by molar-refractivity contribution is 5.93. The van der Waals surface area contributed by atoms with E-state index in [-0.39, 0.29) is 17.9 Å². The maximum Gasteiger partial charge on any atom is 0.338 e. The summed E-state index contributed by atoms with van der Waals surface area (Å²) in [7, 11) is 1.50. The second-order valence-corrected chi connectivity index (χ2v) is 4.16. The van der Waals surface area contributed by atoms with E-state index in [1.165, 1.54) is 13.2 Å². The fraction of sp³-hybridized carbons (Fsp3) is 0.188. The normalized spacial score (nSPS) is 10.1. The number of ether oxygens (including phenoxy) is 2. The van der Waals surface area contributed by atoms with Crippen LogP contribution in [0.5, 0.6) is 11.5 Å². The number of methoxy groups -OCH3 is 1. The standard InChI is InChI=1S/C16H16O4/c1-3-20-16(18)12-9-13(17)15(14(10-12)19-2)11-7-5-4-6-8-11/h4-10,17H,3H2,1-2H3. The molecule has 4 nitrogen and oxygen atoms in total. The smallest absolute Gasteiger partial charge is 0.338 e. The Morgan fingerprint density at radius 2 is 1.90 bits per heavy atom. The van der Waals surface area contributed by atoms with Crippen molar-refractivity contribution >= 4 is 5.97 Å². The van der Waals surface area contributed by atoms with E-state index in [0.29, 0.717) is 11.3 Å². The molecule has 0 fully saturated rings. The average Bonchev–Trinajstić information content (AvgIpc) is 2.47. The number of phenols is 1. The van der Waals surface area contributed by atoms with Crippen LogP contribution >= 0.6 is 0 Å². The van der Waals surface area contributed by atoms with E-state index in [4.69, 9.17) is 9.47 Å². The lowest BCUT2D eigenvalue weighted by Gasteiger charge is -2.12. The zero-order valence-electron chi connectivity index (χ0n) is 11.4. The third-order valence-corrected chi connectivity index (χ3v) is 2.87. The summed E-state index contributed by atoms with van der Waals surface area (Å²) in [6.45, 7) is 2.01. The lowest BCUT2D eigenvalue weighted by atomic mass is 10.0. The fourth-order valence-electron chi connectivity index (χ4n) is 1.99. The molecule has 0 amide bonds. The van der Waals surface area contributed by atoms with Crippen LogP contribution in [0.3, 0.4) is 0 Å². The molecule has 0 atom stereocenters. The Morgan fingerprint density at radius 1 is 1.20 bits per heavy atom. The van der Waals surface area contributed by atoms with Gasteiger partial charge in [0.2, 0.25) is 0 Å². The highest BCUT2D eigenvalue weighted by atomic mass is 16.5. The first-order valence-electron chi connectivity index (χ1n) is 6.31. The number of phenolic OH excluding ortho intramolecular Hbond substituents is 1. The molecule has 2 aromatic rings. The van der Waals surface area contributed by atoms with Crippen molar-refractivity contribution < 1.29 is 19.4 Å². The first kappa shape index (κ1) is 13.9. The van der Waals surface area contributed by atoms with Gasteiger partial charge in [0, 0.05) is 0 Å². The summed E-state index contributed by atoms with van der Waals surface area (Å²) in [6, 6.07) is 12.3. The highest BCUT2D eigenvalue weighted by Crippen LogP contribution is 2.38. The van der Waals surface area contributed by atoms with Gasteiger partial charge in [-0.05, 0) is 24.6 Å². The molecule has 104 valence electrons. The molecule has 0 saturated carbocycles. The van der Waals surface area contributed by atoms with Gasteiger partial charge in [0.05, 0.1) is 24.8 Å². The lowest BCUT2D eigenvalue weighted by molar-refractivity contribution is 0.0525. The Labute approximate surface area is 117 Å². The Hall–Kier alpha value is -2.49. The molecule has 1 N–H and O–H groups in total. The van der Waals surface area contributed by atoms with Crippen LogP contribution in [-0.4, -0.2) is 24.8 Å². The molecule has 0 aliphatic heterocycles. The fourth-order valence-corrected chi connectivity index (χ4v) is 1.99. The van der Waals surface area contributed by atoms with E-state index < -0.39 is 5.97 Å². The van der Waals surface area contributed by atoms with E-state index in [1.54, 1.807) is 13.0 Å². The second kappa shape index (κ2) is 6.10. The topological polar surface area (TPSA) is 55.8 Å². The minimum absolute atomic E-state index is 0.0152. The summed E-state index contributed by atoms with van der Waals surface area (Å²) in [5.74, 6) is -0.0708. The van der Waals surface area contributed by atoms with Crippen molar-refractivity contribution in [3.8, 4) is 22.6 Å². The first-order valence-corrected chi connectivity index (χ1v) is 6.31. The SMILES string of the molecule is CCOC(=O)c1cc(O)c(-c2ccccc2)c(OC)c1. The Balaban J connectivity index is 2.52. The van der Waals surface area contributed by atoms with Gasteiger partial charge in [-0.2, -0.15) is 0 Å². The number of aromatic hydroxyl groups is 1. The van der Waals surface area contributed by atoms with Crippen LogP contribution in [0.25, 0.3) is 11.1 Å². The van der Waals surface area contributed by atoms with Gasteiger partial charge in [-0.15, -0.1) is 0 Å². The molecule has 4 heteroatoms. The number of benzene rings is 2. The molecule has 0 radical (unpaired) electrons. The van der Waals surface area contributed by atoms with Crippen LogP contribution in [-0.2, 0) is 4.74 Å². The van der Waals surface area contributed by atoms with Crippen molar-refractivity contribution in [3.63, 3.8) is 0 Å². The van der Waals surface area contributed by atoms with E-state index >= 15 is 0 Å². The molecule has 0 saturated heterocycles. The van der Waals surface area contributed by atoms with Crippen LogP contribution in [0.4, 0.5) is 0 Å². The summed E-state index contributed by atoms with van der Waals surface area (Å²) in [4.78, 5) is 11.7. The molecule has 0 aliphatic rings. The maximum atomic E-state index is 11.7. The first-order chi connectivity index (χ1) is 9.67. The van der Waals surface area contributed by atoms with Crippen LogP contribution in [0.15, 0.2) is 42.5 Å². The molecule has 2 rings (SSSR count). The second-order valence-electron chi connectivity index (χ2n) is 4.16. The zero-order chi connectivity index (χ0) is 14.5. The Bertz CT molecular complexity index is 605.